The van der Waals surface area contributed by atoms with Gasteiger partial charge in [0.15, 0.2) is 11.4 Å². The van der Waals surface area contributed by atoms with Gasteiger partial charge in [0.2, 0.25) is 5.78 Å². The third-order valence-corrected chi connectivity index (χ3v) is 9.14. The number of nitrogens with two attached hydrogens (primary N) is 1. The van der Waals surface area contributed by atoms with Gasteiger partial charge in [-0.3, -0.25) is 19.3 Å². The summed E-state index contributed by atoms with van der Waals surface area (Å²) in [5.74, 6) is -6.53. The lowest BCUT2D eigenvalue weighted by Gasteiger charge is -2.50. The summed E-state index contributed by atoms with van der Waals surface area (Å²) < 4.78 is 0. The molecule has 11 nitrogen and oxygen atoms in total. The van der Waals surface area contributed by atoms with Crippen molar-refractivity contribution < 1.29 is 34.8 Å². The lowest BCUT2D eigenvalue weighted by Crippen LogP contribution is -2.63. The first-order valence-corrected chi connectivity index (χ1v) is 13.9. The average Bonchev–Trinajstić information content (AvgIpc) is 2.80. The minimum Gasteiger partial charge on any atom is -0.510 e. The number of aliphatic hydroxyl groups is 3. The number of hydrogen-bond acceptors (Lipinski definition) is 10. The minimum absolute atomic E-state index is 0.00300. The van der Waals surface area contributed by atoms with Crippen molar-refractivity contribution in [3.63, 3.8) is 0 Å². The number of carbonyl (C=O) groups is 3. The molecule has 11 heteroatoms. The van der Waals surface area contributed by atoms with Gasteiger partial charge in [0.05, 0.1) is 17.3 Å². The van der Waals surface area contributed by atoms with E-state index in [-0.39, 0.29) is 46.8 Å². The molecular weight excluding hydrogens is 528 g/mol. The number of allylic oxidation sites excluding steroid dienone is 1. The van der Waals surface area contributed by atoms with E-state index in [4.69, 9.17) is 5.73 Å². The van der Waals surface area contributed by atoms with E-state index in [9.17, 15) is 34.8 Å². The van der Waals surface area contributed by atoms with Crippen LogP contribution in [0.25, 0.3) is 0 Å². The van der Waals surface area contributed by atoms with Crippen molar-refractivity contribution in [1.29, 1.82) is 0 Å². The number of rotatable bonds is 4. The number of nitrogens with zero attached hydrogens (tertiary/aromatic N) is 1. The fourth-order valence-electron chi connectivity index (χ4n) is 7.99. The summed E-state index contributed by atoms with van der Waals surface area (Å²) in [7, 11) is 3.20. The number of hydrogen-bond donors (Lipinski definition) is 7. The first-order valence-electron chi connectivity index (χ1n) is 13.9. The molecule has 0 unspecified atom stereocenters. The number of carbonyl (C=O) groups excluding carboxylic acids is 3. The van der Waals surface area contributed by atoms with Gasteiger partial charge in [-0.1, -0.05) is 6.07 Å². The second-order valence-corrected chi connectivity index (χ2v) is 13.6. The van der Waals surface area contributed by atoms with Crippen molar-refractivity contribution in [3.05, 3.63) is 45.9 Å². The van der Waals surface area contributed by atoms with Crippen LogP contribution in [0.3, 0.4) is 0 Å². The standard InChI is InChI=1S/C30H40N4O7/c1-28(2)11-15(12-29(3,4)33-28)32-17-8-7-13-9-14-10-16-21(34(5)6)24(37)20(27(31)40)26(39)30(16,41)25(38)19(14)23(36)18(13)22(17)35/h7-8,14-16,21,32-33,35,37-38,41H,9-12H2,1-6H3,(H2,31,40)/t14-,16+,21-,30-/m0/s1. The zero-order valence-electron chi connectivity index (χ0n) is 24.3. The Hall–Kier alpha value is -3.41. The number of anilines is 1. The average molecular weight is 569 g/mol. The Labute approximate surface area is 239 Å². The Morgan fingerprint density at radius 1 is 1.07 bits per heavy atom. The van der Waals surface area contributed by atoms with Crippen molar-refractivity contribution in [1.82, 2.24) is 10.2 Å². The summed E-state index contributed by atoms with van der Waals surface area (Å²) in [4.78, 5) is 41.1. The van der Waals surface area contributed by atoms with Crippen molar-refractivity contribution >= 4 is 23.2 Å². The van der Waals surface area contributed by atoms with Crippen molar-refractivity contribution in [2.24, 2.45) is 17.6 Å². The first-order chi connectivity index (χ1) is 18.9. The Morgan fingerprint density at radius 3 is 2.24 bits per heavy atom. The Bertz CT molecular complexity index is 1410. The highest BCUT2D eigenvalue weighted by molar-refractivity contribution is 6.24. The molecule has 41 heavy (non-hydrogen) atoms. The third kappa shape index (κ3) is 4.41. The van der Waals surface area contributed by atoms with E-state index in [1.807, 2.05) is 0 Å². The van der Waals surface area contributed by atoms with Crippen molar-refractivity contribution in [2.75, 3.05) is 19.4 Å². The zero-order chi connectivity index (χ0) is 30.4. The fourth-order valence-corrected chi connectivity index (χ4v) is 7.99. The first kappa shape index (κ1) is 29.1. The van der Waals surface area contributed by atoms with Crippen molar-refractivity contribution in [3.8, 4) is 5.75 Å². The molecule has 3 aliphatic carbocycles. The molecule has 1 fully saturated rings. The Balaban J connectivity index is 1.57. The number of ketones is 2. The number of piperidine rings is 1. The molecule has 5 rings (SSSR count). The lowest BCUT2D eigenvalue weighted by atomic mass is 9.58. The van der Waals surface area contributed by atoms with Gasteiger partial charge >= 0.3 is 0 Å². The predicted octanol–water partition coefficient (Wildman–Crippen LogP) is 1.84. The summed E-state index contributed by atoms with van der Waals surface area (Å²) in [5, 5.41) is 52.4. The number of aromatic hydroxyl groups is 1. The van der Waals surface area contributed by atoms with Crippen LogP contribution in [0, 0.1) is 11.8 Å². The van der Waals surface area contributed by atoms with E-state index < -0.39 is 58.0 Å². The van der Waals surface area contributed by atoms with Crippen molar-refractivity contribution in [2.45, 2.75) is 82.1 Å². The predicted molar refractivity (Wildman–Crippen MR) is 152 cm³/mol. The maximum absolute atomic E-state index is 13.9. The molecule has 0 spiro atoms. The molecule has 1 aromatic rings. The molecule has 4 aliphatic rings. The Kier molecular flexibility index (Phi) is 6.60. The normalized spacial score (nSPS) is 31.1. The van der Waals surface area contributed by atoms with Gasteiger partial charge in [-0.15, -0.1) is 0 Å². The maximum atomic E-state index is 13.9. The summed E-state index contributed by atoms with van der Waals surface area (Å²) >= 11 is 0. The number of aliphatic hydroxyl groups excluding tert-OH is 2. The van der Waals surface area contributed by atoms with Gasteiger partial charge < -0.3 is 36.8 Å². The van der Waals surface area contributed by atoms with Gasteiger partial charge in [-0.2, -0.15) is 0 Å². The van der Waals surface area contributed by atoms with E-state index in [2.05, 4.69) is 38.3 Å². The summed E-state index contributed by atoms with van der Waals surface area (Å²) in [6.45, 7) is 8.45. The molecule has 0 saturated carbocycles. The van der Waals surface area contributed by atoms with E-state index in [1.165, 1.54) is 4.90 Å². The number of amides is 1. The monoisotopic (exact) mass is 568 g/mol. The largest absolute Gasteiger partial charge is 0.510 e. The number of fused-ring (bicyclic) bond motifs is 3. The molecule has 1 heterocycles. The third-order valence-electron chi connectivity index (χ3n) is 9.14. The second kappa shape index (κ2) is 9.30. The van der Waals surface area contributed by atoms with Gasteiger partial charge in [-0.25, -0.2) is 0 Å². The van der Waals surface area contributed by atoms with Crippen LogP contribution in [-0.2, 0) is 16.0 Å². The number of primary amides is 1. The number of phenolic OH excluding ortho intramolecular Hbond substituents is 1. The van der Waals surface area contributed by atoms with Crippen LogP contribution < -0.4 is 16.4 Å². The highest BCUT2D eigenvalue weighted by Crippen LogP contribution is 2.52. The molecule has 1 aliphatic heterocycles. The topological polar surface area (TPSA) is 185 Å². The molecular formula is C30H40N4O7. The van der Waals surface area contributed by atoms with Gasteiger partial charge in [0.25, 0.3) is 5.91 Å². The zero-order valence-corrected chi connectivity index (χ0v) is 24.3. The minimum atomic E-state index is -2.65. The fraction of sp³-hybridized carbons (Fsp3) is 0.567. The summed E-state index contributed by atoms with van der Waals surface area (Å²) in [5.41, 5.74) is 2.42. The van der Waals surface area contributed by atoms with Crippen LogP contribution in [0.4, 0.5) is 5.69 Å². The highest BCUT2D eigenvalue weighted by atomic mass is 16.3. The van der Waals surface area contributed by atoms with Gasteiger partial charge in [0, 0.05) is 28.6 Å². The SMILES string of the molecule is CN(C)[C@@H]1C(O)=C(C(N)=O)C(=O)[C@@]2(O)C(O)=C3C(=O)c4c(ccc(NC5CC(C)(C)NC(C)(C)C5)c4O)C[C@H]3C[C@H]12. The molecule has 1 aromatic carbocycles. The van der Waals surface area contributed by atoms with Gasteiger partial charge in [0.1, 0.15) is 22.8 Å². The molecule has 0 aromatic heterocycles. The summed E-state index contributed by atoms with van der Waals surface area (Å²) in [6.07, 6.45) is 1.88. The van der Waals surface area contributed by atoms with E-state index >= 15 is 0 Å². The Morgan fingerprint density at radius 2 is 1.68 bits per heavy atom. The van der Waals surface area contributed by atoms with Gasteiger partial charge in [-0.05, 0) is 85.0 Å². The molecule has 8 N–H and O–H groups in total. The van der Waals surface area contributed by atoms with Crippen LogP contribution in [0.1, 0.15) is 62.9 Å². The lowest BCUT2D eigenvalue weighted by molar-refractivity contribution is -0.148. The molecule has 1 amide bonds. The molecule has 0 radical (unpaired) electrons. The van der Waals surface area contributed by atoms with E-state index in [1.54, 1.807) is 26.2 Å². The number of Topliss-reactive ketones (excluding diaryl/α,β-unsaturated/α-hetero) is 2. The number of phenols is 1. The van der Waals surface area contributed by atoms with Crippen LogP contribution in [0.5, 0.6) is 5.75 Å². The molecule has 222 valence electrons. The second-order valence-electron chi connectivity index (χ2n) is 13.6. The molecule has 0 bridgehead atoms. The maximum Gasteiger partial charge on any atom is 0.255 e. The highest BCUT2D eigenvalue weighted by Gasteiger charge is 2.63. The van der Waals surface area contributed by atoms with Crippen LogP contribution in [0.2, 0.25) is 0 Å². The molecule has 4 atom stereocenters. The van der Waals surface area contributed by atoms with Crippen LogP contribution in [-0.4, -0.2) is 85.7 Å². The number of nitrogens with one attached hydrogen (secondary N) is 2. The summed E-state index contributed by atoms with van der Waals surface area (Å²) in [6, 6.07) is 2.52. The molecule has 1 saturated heterocycles. The van der Waals surface area contributed by atoms with Crippen LogP contribution >= 0.6 is 0 Å². The van der Waals surface area contributed by atoms with E-state index in [0.717, 1.165) is 12.8 Å². The number of likely N-dealkylation sites (N-methyl/N-ethyl adjacent to an activating group) is 1. The quantitative estimate of drug-likeness (QED) is 0.209. The van der Waals surface area contributed by atoms with Crippen LogP contribution in [0.15, 0.2) is 34.8 Å². The smallest absolute Gasteiger partial charge is 0.255 e. The van der Waals surface area contributed by atoms with E-state index in [0.29, 0.717) is 11.3 Å². The number of benzene rings is 1.